The number of halogens is 3. The lowest BCUT2D eigenvalue weighted by atomic mass is 10.0. The van der Waals surface area contributed by atoms with E-state index in [1.54, 1.807) is 9.47 Å². The predicted octanol–water partition coefficient (Wildman–Crippen LogP) is 3.56. The summed E-state index contributed by atoms with van der Waals surface area (Å²) < 4.78 is 45.8. The molecule has 3 heterocycles. The molecule has 2 aliphatic rings. The smallest absolute Gasteiger partial charge is 0.436 e. The molecule has 0 saturated carbocycles. The Morgan fingerprint density at radius 3 is 2.73 bits per heavy atom. The molecule has 0 spiro atoms. The van der Waals surface area contributed by atoms with Crippen molar-refractivity contribution in [3.63, 3.8) is 0 Å². The molecule has 1 atom stereocenters. The quantitative estimate of drug-likeness (QED) is 0.474. The van der Waals surface area contributed by atoms with Gasteiger partial charge in [0.15, 0.2) is 0 Å². The number of hydroxylamine groups is 2. The third-order valence-electron chi connectivity index (χ3n) is 6.31. The van der Waals surface area contributed by atoms with E-state index in [1.807, 2.05) is 0 Å². The van der Waals surface area contributed by atoms with E-state index in [0.29, 0.717) is 50.3 Å². The number of anilines is 1. The summed E-state index contributed by atoms with van der Waals surface area (Å²) in [6, 6.07) is 3.83. The lowest BCUT2D eigenvalue weighted by Crippen LogP contribution is -2.41. The fourth-order valence-electron chi connectivity index (χ4n) is 4.56. The van der Waals surface area contributed by atoms with Crippen LogP contribution >= 0.6 is 0 Å². The molecule has 2 aromatic rings. The normalized spacial score (nSPS) is 18.1. The molecule has 0 aliphatic carbocycles. The molecule has 0 radical (unpaired) electrons. The molecule has 1 fully saturated rings. The zero-order valence-electron chi connectivity index (χ0n) is 20.1. The Morgan fingerprint density at radius 1 is 1.24 bits per heavy atom. The van der Waals surface area contributed by atoms with Crippen LogP contribution in [0.1, 0.15) is 46.2 Å². The van der Waals surface area contributed by atoms with Crippen molar-refractivity contribution < 1.29 is 37.1 Å². The van der Waals surface area contributed by atoms with E-state index in [-0.39, 0.29) is 30.0 Å². The van der Waals surface area contributed by atoms with Gasteiger partial charge in [0.1, 0.15) is 0 Å². The van der Waals surface area contributed by atoms with Gasteiger partial charge in [-0.05, 0) is 37.1 Å². The molecule has 37 heavy (non-hydrogen) atoms. The van der Waals surface area contributed by atoms with Crippen molar-refractivity contribution in [3.8, 4) is 0 Å². The van der Waals surface area contributed by atoms with Gasteiger partial charge >= 0.3 is 12.3 Å². The Balaban J connectivity index is 1.67. The molecule has 0 bridgehead atoms. The first-order chi connectivity index (χ1) is 17.6. The summed E-state index contributed by atoms with van der Waals surface area (Å²) in [4.78, 5) is 48.3. The summed E-state index contributed by atoms with van der Waals surface area (Å²) in [5.41, 5.74) is 0.193. The Morgan fingerprint density at radius 2 is 2.03 bits per heavy atom. The minimum Gasteiger partial charge on any atom is -0.436 e. The highest BCUT2D eigenvalue weighted by Gasteiger charge is 2.34. The molecule has 1 N–H and O–H groups in total. The first kappa shape index (κ1) is 26.2. The van der Waals surface area contributed by atoms with Crippen LogP contribution in [0.5, 0.6) is 0 Å². The van der Waals surface area contributed by atoms with Crippen LogP contribution in [0, 0.1) is 0 Å². The Kier molecular flexibility index (Phi) is 7.52. The van der Waals surface area contributed by atoms with Gasteiger partial charge in [-0.2, -0.15) is 13.2 Å². The van der Waals surface area contributed by atoms with Crippen molar-refractivity contribution >= 4 is 23.9 Å². The number of piperidine rings is 1. The Hall–Kier alpha value is -3.87. The molecule has 2 amide bonds. The molecule has 1 aromatic carbocycles. The van der Waals surface area contributed by atoms with Crippen molar-refractivity contribution in [2.75, 3.05) is 32.1 Å². The number of rotatable bonds is 5. The van der Waals surface area contributed by atoms with Gasteiger partial charge in [0.05, 0.1) is 36.6 Å². The number of methoxy groups -OCH3 is 1. The van der Waals surface area contributed by atoms with Gasteiger partial charge in [-0.3, -0.25) is 14.9 Å². The number of amides is 2. The summed E-state index contributed by atoms with van der Waals surface area (Å²) in [6.45, 7) is 4.87. The minimum atomic E-state index is -4.60. The summed E-state index contributed by atoms with van der Waals surface area (Å²) in [5, 5.41) is 4.06. The Bertz CT molecular complexity index is 1210. The largest absolute Gasteiger partial charge is 0.527 e. The highest BCUT2D eigenvalue weighted by molar-refractivity contribution is 6.03. The van der Waals surface area contributed by atoms with Gasteiger partial charge in [0, 0.05) is 31.6 Å². The molecule has 13 heteroatoms. The van der Waals surface area contributed by atoms with Gasteiger partial charge in [-0.15, -0.1) is 5.06 Å². The van der Waals surface area contributed by atoms with Crippen LogP contribution in [0.25, 0.3) is 0 Å². The number of hydrogen-bond donors (Lipinski definition) is 1. The molecule has 2 aliphatic heterocycles. The molecule has 1 unspecified atom stereocenters. The van der Waals surface area contributed by atoms with Gasteiger partial charge in [-0.1, -0.05) is 12.6 Å². The zero-order valence-corrected chi connectivity index (χ0v) is 20.1. The second-order valence-corrected chi connectivity index (χ2v) is 8.67. The van der Waals surface area contributed by atoms with Crippen LogP contribution in [0.2, 0.25) is 0 Å². The SMILES string of the molecule is C=CC(=O)N1CCCC(n2c(NC(=O)c3cccc(C(F)(F)F)c3)nc3c2CN(OC(=O)OC)CC3)C1. The van der Waals surface area contributed by atoms with Gasteiger partial charge in [0.2, 0.25) is 11.9 Å². The lowest BCUT2D eigenvalue weighted by molar-refractivity contribution is -0.137. The van der Waals surface area contributed by atoms with Crippen molar-refractivity contribution in [1.82, 2.24) is 19.5 Å². The molecule has 198 valence electrons. The maximum Gasteiger partial charge on any atom is 0.527 e. The van der Waals surface area contributed by atoms with Crippen LogP contribution in [0.15, 0.2) is 36.9 Å². The molecule has 1 saturated heterocycles. The van der Waals surface area contributed by atoms with E-state index in [2.05, 4.69) is 21.6 Å². The molecular formula is C24H26F3N5O5. The number of hydrogen-bond acceptors (Lipinski definition) is 7. The topological polar surface area (TPSA) is 106 Å². The van der Waals surface area contributed by atoms with Crippen molar-refractivity contribution in [1.29, 1.82) is 0 Å². The summed E-state index contributed by atoms with van der Waals surface area (Å²) in [7, 11) is 1.19. The minimum absolute atomic E-state index is 0.142. The van der Waals surface area contributed by atoms with E-state index in [4.69, 9.17) is 4.84 Å². The van der Waals surface area contributed by atoms with Crippen molar-refractivity contribution in [2.45, 2.75) is 38.0 Å². The number of carbonyl (C=O) groups excluding carboxylic acids is 3. The predicted molar refractivity (Wildman–Crippen MR) is 124 cm³/mol. The van der Waals surface area contributed by atoms with Crippen LogP contribution in [-0.4, -0.2) is 64.2 Å². The fraction of sp³-hybridized carbons (Fsp3) is 0.417. The monoisotopic (exact) mass is 521 g/mol. The van der Waals surface area contributed by atoms with E-state index in [0.717, 1.165) is 18.2 Å². The number of fused-ring (bicyclic) bond motifs is 1. The van der Waals surface area contributed by atoms with Crippen LogP contribution in [0.3, 0.4) is 0 Å². The van der Waals surface area contributed by atoms with Crippen LogP contribution < -0.4 is 5.32 Å². The Labute approximate surface area is 210 Å². The first-order valence-electron chi connectivity index (χ1n) is 11.6. The summed E-state index contributed by atoms with van der Waals surface area (Å²) in [6.07, 6.45) is -2.52. The van der Waals surface area contributed by atoms with E-state index >= 15 is 0 Å². The number of nitrogens with one attached hydrogen (secondary N) is 1. The number of nitrogens with zero attached hydrogens (tertiary/aromatic N) is 4. The summed E-state index contributed by atoms with van der Waals surface area (Å²) in [5.74, 6) is -0.846. The average molecular weight is 521 g/mol. The number of ether oxygens (including phenoxy) is 1. The number of alkyl halides is 3. The third-order valence-corrected chi connectivity index (χ3v) is 6.31. The lowest BCUT2D eigenvalue weighted by Gasteiger charge is -2.35. The van der Waals surface area contributed by atoms with Crippen molar-refractivity contribution in [2.24, 2.45) is 0 Å². The first-order valence-corrected chi connectivity index (χ1v) is 11.6. The standard InChI is InChI=1S/C24H26F3N5O5/c1-3-20(33)30-10-5-8-17(13-30)32-19-14-31(37-23(35)36-2)11-9-18(19)28-22(32)29-21(34)15-6-4-7-16(12-15)24(25,26)27/h3-4,6-7,12,17H,1,5,8-11,13-14H2,2H3,(H,28,29,34). The highest BCUT2D eigenvalue weighted by Crippen LogP contribution is 2.33. The second-order valence-electron chi connectivity index (χ2n) is 8.67. The molecule has 1 aromatic heterocycles. The maximum absolute atomic E-state index is 13.2. The molecular weight excluding hydrogens is 495 g/mol. The second kappa shape index (κ2) is 10.6. The van der Waals surface area contributed by atoms with Gasteiger partial charge < -0.3 is 19.0 Å². The van der Waals surface area contributed by atoms with E-state index < -0.39 is 23.8 Å². The maximum atomic E-state index is 13.2. The zero-order chi connectivity index (χ0) is 26.7. The van der Waals surface area contributed by atoms with Gasteiger partial charge in [0.25, 0.3) is 5.91 Å². The van der Waals surface area contributed by atoms with Crippen molar-refractivity contribution in [3.05, 3.63) is 59.4 Å². The molecule has 4 rings (SSSR count). The van der Waals surface area contributed by atoms with Crippen LogP contribution in [0.4, 0.5) is 23.9 Å². The number of carbonyl (C=O) groups is 3. The number of likely N-dealkylation sites (tertiary alicyclic amines) is 1. The molecule has 10 nitrogen and oxygen atoms in total. The number of imidazole rings is 1. The van der Waals surface area contributed by atoms with Gasteiger partial charge in [-0.25, -0.2) is 9.78 Å². The fourth-order valence-corrected chi connectivity index (χ4v) is 4.56. The average Bonchev–Trinajstić information content (AvgIpc) is 3.24. The van der Waals surface area contributed by atoms with E-state index in [1.165, 1.54) is 24.3 Å². The highest BCUT2D eigenvalue weighted by atomic mass is 19.4. The van der Waals surface area contributed by atoms with E-state index in [9.17, 15) is 27.6 Å². The summed E-state index contributed by atoms with van der Waals surface area (Å²) >= 11 is 0. The van der Waals surface area contributed by atoms with Crippen LogP contribution in [-0.2, 0) is 33.5 Å². The number of benzene rings is 1. The third kappa shape index (κ3) is 5.77. The number of aromatic nitrogens is 2.